The van der Waals surface area contributed by atoms with Gasteiger partial charge in [-0.25, -0.2) is 15.0 Å². The van der Waals surface area contributed by atoms with Crippen molar-refractivity contribution in [3.8, 4) is 63.2 Å². The summed E-state index contributed by atoms with van der Waals surface area (Å²) in [5, 5.41) is 58.2. The van der Waals surface area contributed by atoms with Gasteiger partial charge in [0, 0.05) is 139 Å². The third-order valence-electron chi connectivity index (χ3n) is 16.5. The normalized spacial score (nSPS) is 11.2. The molecule has 528 valence electrons. The Morgan fingerprint density at radius 1 is 0.385 bits per heavy atom. The molecule has 14 nitrogen and oxygen atoms in total. The van der Waals surface area contributed by atoms with E-state index in [-0.39, 0.29) is 42.0 Å². The topological polar surface area (TPSA) is 202 Å². The molecule has 0 bridgehead atoms. The Balaban J connectivity index is 0.000000141. The van der Waals surface area contributed by atoms with Crippen LogP contribution in [0.25, 0.3) is 160 Å². The summed E-state index contributed by atoms with van der Waals surface area (Å²) in [5.41, 5.74) is 6.61. The van der Waals surface area contributed by atoms with Gasteiger partial charge in [0.15, 0.2) is 33.1 Å². The van der Waals surface area contributed by atoms with Crippen LogP contribution in [0.5, 0.6) is 0 Å². The molecule has 1 radical (unpaired) electrons. The Morgan fingerprint density at radius 3 is 0.890 bits per heavy atom. The van der Waals surface area contributed by atoms with E-state index in [0.717, 1.165) is 53.3 Å². The van der Waals surface area contributed by atoms with E-state index >= 15 is 0 Å². The van der Waals surface area contributed by atoms with Crippen molar-refractivity contribution >= 4 is 283 Å². The fourth-order valence-corrected chi connectivity index (χ4v) is 18.2. The fraction of sp³-hybridized carbons (Fsp3) is 0.0127. The molecule has 0 saturated heterocycles. The minimum atomic E-state index is -4.26. The molecule has 0 aliphatic rings. The molecule has 109 heavy (non-hydrogen) atoms. The van der Waals surface area contributed by atoms with Gasteiger partial charge in [-0.1, -0.05) is 167 Å². The Bertz CT molecular complexity index is 6310. The van der Waals surface area contributed by atoms with Crippen molar-refractivity contribution in [2.45, 2.75) is 7.43 Å². The molecular formula is C79H42B2Br2Cl5MoN12O2PS5-2. The Labute approximate surface area is 685 Å². The number of halogens is 7. The van der Waals surface area contributed by atoms with E-state index in [1.54, 1.807) is 68.8 Å². The summed E-state index contributed by atoms with van der Waals surface area (Å²) in [4.78, 5) is 36.3. The van der Waals surface area contributed by atoms with Crippen molar-refractivity contribution < 1.29 is 19.7 Å². The predicted molar refractivity (Wildman–Crippen MR) is 467 cm³/mol. The van der Waals surface area contributed by atoms with Crippen LogP contribution in [0.1, 0.15) is 24.5 Å². The molecule has 8 heterocycles. The first-order valence-electron chi connectivity index (χ1n) is 31.9. The Morgan fingerprint density at radius 2 is 0.615 bits per heavy atom. The van der Waals surface area contributed by atoms with Gasteiger partial charge in [0.05, 0.1) is 0 Å². The minimum absolute atomic E-state index is 0. The average Bonchev–Trinajstić information content (AvgIpc) is 1.39. The molecule has 18 aromatic rings. The molecule has 0 saturated carbocycles. The van der Waals surface area contributed by atoms with Crippen LogP contribution in [0.2, 0.25) is 0 Å². The third kappa shape index (κ3) is 17.5. The summed E-state index contributed by atoms with van der Waals surface area (Å²) in [6.45, 7) is 21.8. The number of hydrogen-bond donors (Lipinski definition) is 2. The fourth-order valence-electron chi connectivity index (χ4n) is 11.9. The van der Waals surface area contributed by atoms with E-state index in [4.69, 9.17) is 83.5 Å². The average molecular weight is 1840 g/mol. The number of hydrogen-bond acceptors (Lipinski definition) is 16. The van der Waals surface area contributed by atoms with Crippen LogP contribution in [0.4, 0.5) is 17.5 Å². The van der Waals surface area contributed by atoms with Crippen molar-refractivity contribution in [1.82, 2.24) is 29.9 Å². The maximum absolute atomic E-state index is 9.68. The molecule has 30 heteroatoms. The van der Waals surface area contributed by atoms with E-state index in [2.05, 4.69) is 255 Å². The molecule has 8 aromatic heterocycles. The second-order valence-corrected chi connectivity index (χ2v) is 60.3. The van der Waals surface area contributed by atoms with Crippen molar-refractivity contribution in [1.29, 1.82) is 17.1 Å². The van der Waals surface area contributed by atoms with E-state index in [0.29, 0.717) is 37.4 Å². The van der Waals surface area contributed by atoms with E-state index in [9.17, 15) is 10.5 Å². The van der Waals surface area contributed by atoms with Crippen LogP contribution < -0.4 is 5.46 Å². The van der Waals surface area contributed by atoms with Gasteiger partial charge in [-0.2, -0.15) is 15.8 Å². The summed E-state index contributed by atoms with van der Waals surface area (Å²) in [6, 6.07) is 78.2. The molecule has 0 spiro atoms. The second kappa shape index (κ2) is 34.1. The molecule has 0 fully saturated rings. The van der Waals surface area contributed by atoms with Gasteiger partial charge < -0.3 is 41.2 Å². The number of thiophene rings is 5. The zero-order valence-corrected chi connectivity index (χ0v) is 68.6. The SMILES string of the molecule is C.OB(O)c1ccc2c(c1)sc1ccccc12.[3H][B][P-2].[C-]#[N+]c1nc(-c2ccc3c(c2)sc2ccccc23)c(-c2ccc3c(c2)sc2ccccc23)nc1C#N.[C-]#[N+]c1nc(-c2ccc3c(c2)sc2ccccc23)c(-c2ccc3c(c2)sc2ccccc23)nc1C#N.[C-]#[N+]c1nc(Br)c(Br)nc1C#N.[Cl][Mo]([Cl])([Cl])([Cl])[Cl]. The first kappa shape index (κ1) is 78.2. The monoisotopic (exact) mass is 1840 g/mol. The number of nitrogens with zero attached hydrogens (tertiary/aromatic N) is 12. The Kier molecular flexibility index (Phi) is 24.5. The van der Waals surface area contributed by atoms with Crippen molar-refractivity contribution in [2.75, 3.05) is 0 Å². The molecule has 0 aliphatic heterocycles. The summed E-state index contributed by atoms with van der Waals surface area (Å²) >= 11 is 14.8. The van der Waals surface area contributed by atoms with Crippen LogP contribution in [-0.2, 0) is 9.60 Å². The number of fused-ring (bicyclic) bond motifs is 15. The summed E-state index contributed by atoms with van der Waals surface area (Å²) in [7, 11) is 23.8. The van der Waals surface area contributed by atoms with Crippen molar-refractivity contribution in [3.63, 3.8) is 0 Å². The van der Waals surface area contributed by atoms with Crippen molar-refractivity contribution in [3.05, 3.63) is 273 Å². The molecule has 18 rings (SSSR count). The Hall–Kier alpha value is -8.94. The quantitative estimate of drug-likeness (QED) is 0.0943. The molecule has 0 aliphatic carbocycles. The van der Waals surface area contributed by atoms with Gasteiger partial charge in [0.2, 0.25) is 4.60 Å². The number of nitriles is 3. The van der Waals surface area contributed by atoms with Crippen LogP contribution in [0.15, 0.2) is 222 Å². The maximum atomic E-state index is 9.68. The van der Waals surface area contributed by atoms with Crippen LogP contribution in [-0.4, -0.2) is 55.9 Å². The number of aromatic nitrogens is 6. The molecule has 10 aromatic carbocycles. The number of rotatable bonds is 5. The first-order valence-corrected chi connectivity index (χ1v) is 50.4. The zero-order chi connectivity index (χ0) is 76.9. The molecule has 0 atom stereocenters. The van der Waals surface area contributed by atoms with Gasteiger partial charge in [0.1, 0.15) is 29.6 Å². The first-order chi connectivity index (χ1) is 52.5. The van der Waals surface area contributed by atoms with Crippen molar-refractivity contribution in [2.24, 2.45) is 0 Å². The van der Waals surface area contributed by atoms with Gasteiger partial charge in [-0.3, -0.25) is 0 Å². The van der Waals surface area contributed by atoms with Gasteiger partial charge >= 0.3 is 81.3 Å². The van der Waals surface area contributed by atoms with Gasteiger partial charge in [-0.15, -0.1) is 73.0 Å². The van der Waals surface area contributed by atoms with Gasteiger partial charge in [0.25, 0.3) is 0 Å². The summed E-state index contributed by atoms with van der Waals surface area (Å²) in [6.07, 6.45) is 0. The van der Waals surface area contributed by atoms with Crippen LogP contribution in [0, 0.1) is 53.7 Å². The third-order valence-corrected chi connectivity index (χ3v) is 23.8. The molecule has 0 amide bonds. The molecule has 2 N–H and O–H groups in total. The predicted octanol–water partition coefficient (Wildman–Crippen LogP) is 26.4. The molecule has 0 unspecified atom stereocenters. The molecular weight excluding hydrogens is 1790 g/mol. The van der Waals surface area contributed by atoms with Crippen LogP contribution >= 0.6 is 145 Å². The zero-order valence-electron chi connectivity index (χ0n) is 55.7. The van der Waals surface area contributed by atoms with Crippen LogP contribution in [0.3, 0.4) is 0 Å². The van der Waals surface area contributed by atoms with E-state index in [1.807, 2.05) is 48.5 Å². The van der Waals surface area contributed by atoms with E-state index in [1.165, 1.54) is 77.4 Å². The standard InChI is InChI=1S/2C30H14N4S2.C12H9BO2S.C6Br2N4.CH4.BHP.5ClH.Mo/c2*1-32-30-23(16-31)33-28(17-10-12-21-19-6-2-4-8-24(19)35-26(21)14-17)29(34-30)18-11-13-22-20-7-3-5-9-25(20)36-27(22)15-18;14-13(15)8-5-6-10-9-3-1-2-4-11(9)16-12(10)7-8;1-10-6-3(2-9)11-4(7)5(8)12-6;;1-2;;;;;;/h2*2-15H;1-7,14-15H;;1H4;1H;5*1H;/q;;;;;-2;;;;;;+5/p-5/i;;;;;1T;;;;;;. The summed E-state index contributed by atoms with van der Waals surface area (Å²) < 4.78 is 18.6. The second-order valence-electron chi connectivity index (χ2n) is 22.9. The summed E-state index contributed by atoms with van der Waals surface area (Å²) in [5.74, 6) is 0.0545. The van der Waals surface area contributed by atoms with Gasteiger partial charge in [-0.05, 0) is 94.2 Å². The van der Waals surface area contributed by atoms with E-state index < -0.39 is 16.7 Å². The number of benzene rings is 10.